The quantitative estimate of drug-likeness (QED) is 0.844. The number of aromatic nitrogens is 2. The molecule has 1 saturated heterocycles. The fourth-order valence-corrected chi connectivity index (χ4v) is 4.54. The van der Waals surface area contributed by atoms with Crippen LogP contribution in [0.1, 0.15) is 33.3 Å². The monoisotopic (exact) mass is 302 g/mol. The van der Waals surface area contributed by atoms with Gasteiger partial charge in [0.2, 0.25) is 0 Å². The Balaban J connectivity index is 2.39. The summed E-state index contributed by atoms with van der Waals surface area (Å²) in [7, 11) is -3.65. The Morgan fingerprint density at radius 2 is 1.90 bits per heavy atom. The predicted molar refractivity (Wildman–Crippen MR) is 74.5 cm³/mol. The van der Waals surface area contributed by atoms with Gasteiger partial charge in [0.15, 0.2) is 5.03 Å². The van der Waals surface area contributed by atoms with Crippen molar-refractivity contribution in [1.29, 1.82) is 0 Å². The molecule has 0 aromatic carbocycles. The van der Waals surface area contributed by atoms with Gasteiger partial charge in [-0.25, -0.2) is 8.42 Å². The Hall–Kier alpha value is -0.960. The molecule has 114 valence electrons. The number of nitrogens with one attached hydrogen (secondary N) is 1. The number of morpholine rings is 1. The second-order valence-corrected chi connectivity index (χ2v) is 8.20. The minimum atomic E-state index is -3.65. The van der Waals surface area contributed by atoms with Crippen molar-refractivity contribution in [2.45, 2.75) is 50.5 Å². The maximum atomic E-state index is 12.7. The van der Waals surface area contributed by atoms with E-state index in [2.05, 4.69) is 10.2 Å². The third-order valence-electron chi connectivity index (χ3n) is 3.16. The van der Waals surface area contributed by atoms with Crippen LogP contribution >= 0.6 is 0 Å². The lowest BCUT2D eigenvalue weighted by atomic mass is 10.0. The Labute approximate surface area is 119 Å². The molecule has 3 N–H and O–H groups in total. The molecule has 0 amide bonds. The zero-order valence-corrected chi connectivity index (χ0v) is 13.1. The molecule has 2 rings (SSSR count). The summed E-state index contributed by atoms with van der Waals surface area (Å²) in [5, 5.41) is 6.41. The number of aromatic amines is 1. The zero-order chi connectivity index (χ0) is 15.2. The van der Waals surface area contributed by atoms with E-state index in [-0.39, 0.29) is 11.6 Å². The van der Waals surface area contributed by atoms with Gasteiger partial charge in [0, 0.05) is 25.2 Å². The summed E-state index contributed by atoms with van der Waals surface area (Å²) in [6.07, 6.45) is 1.45. The van der Waals surface area contributed by atoms with E-state index in [1.54, 1.807) is 0 Å². The number of hydrogen-bond acceptors (Lipinski definition) is 5. The van der Waals surface area contributed by atoms with Crippen LogP contribution in [0.5, 0.6) is 0 Å². The van der Waals surface area contributed by atoms with E-state index in [1.807, 2.05) is 27.7 Å². The summed E-state index contributed by atoms with van der Waals surface area (Å²) in [5.74, 6) is 0. The highest BCUT2D eigenvalue weighted by molar-refractivity contribution is 7.89. The summed E-state index contributed by atoms with van der Waals surface area (Å²) in [6, 6.07) is 0. The first-order valence-electron chi connectivity index (χ1n) is 6.50. The van der Waals surface area contributed by atoms with E-state index in [1.165, 1.54) is 10.5 Å². The van der Waals surface area contributed by atoms with Gasteiger partial charge in [0.25, 0.3) is 10.0 Å². The normalized spacial score (nSPS) is 22.9. The van der Waals surface area contributed by atoms with Crippen molar-refractivity contribution in [3.05, 3.63) is 11.8 Å². The highest BCUT2D eigenvalue weighted by Gasteiger charge is 2.43. The molecule has 0 radical (unpaired) electrons. The van der Waals surface area contributed by atoms with Crippen LogP contribution in [0.4, 0.5) is 0 Å². The van der Waals surface area contributed by atoms with Crippen LogP contribution in [0, 0.1) is 0 Å². The van der Waals surface area contributed by atoms with Gasteiger partial charge in [-0.15, -0.1) is 0 Å². The molecule has 1 fully saturated rings. The third kappa shape index (κ3) is 2.88. The molecule has 1 aliphatic rings. The van der Waals surface area contributed by atoms with Gasteiger partial charge >= 0.3 is 0 Å². The number of ether oxygens (including phenoxy) is 1. The van der Waals surface area contributed by atoms with Crippen molar-refractivity contribution in [3.8, 4) is 0 Å². The van der Waals surface area contributed by atoms with Gasteiger partial charge in [-0.05, 0) is 27.7 Å². The molecule has 1 aromatic rings. The van der Waals surface area contributed by atoms with Crippen molar-refractivity contribution in [2.75, 3.05) is 13.1 Å². The van der Waals surface area contributed by atoms with Gasteiger partial charge in [-0.3, -0.25) is 5.10 Å². The molecule has 0 atom stereocenters. The van der Waals surface area contributed by atoms with Gasteiger partial charge in [-0.1, -0.05) is 0 Å². The minimum Gasteiger partial charge on any atom is -0.367 e. The largest absolute Gasteiger partial charge is 0.367 e. The number of H-pyrrole nitrogens is 1. The van der Waals surface area contributed by atoms with E-state index in [9.17, 15) is 8.42 Å². The summed E-state index contributed by atoms with van der Waals surface area (Å²) >= 11 is 0. The number of rotatable bonds is 3. The lowest BCUT2D eigenvalue weighted by Gasteiger charge is -2.46. The van der Waals surface area contributed by atoms with E-state index in [0.717, 1.165) is 0 Å². The maximum Gasteiger partial charge on any atom is 0.260 e. The van der Waals surface area contributed by atoms with Crippen molar-refractivity contribution in [1.82, 2.24) is 14.5 Å². The molecule has 1 aromatic heterocycles. The number of hydrogen-bond donors (Lipinski definition) is 2. The first-order valence-corrected chi connectivity index (χ1v) is 7.94. The highest BCUT2D eigenvalue weighted by atomic mass is 32.2. The van der Waals surface area contributed by atoms with Gasteiger partial charge in [0.05, 0.1) is 17.4 Å². The Morgan fingerprint density at radius 3 is 2.40 bits per heavy atom. The molecule has 20 heavy (non-hydrogen) atoms. The Morgan fingerprint density at radius 1 is 1.35 bits per heavy atom. The molecule has 8 heteroatoms. The van der Waals surface area contributed by atoms with E-state index < -0.39 is 21.2 Å². The molecule has 0 bridgehead atoms. The topological polar surface area (TPSA) is 101 Å². The van der Waals surface area contributed by atoms with E-state index in [0.29, 0.717) is 18.7 Å². The molecule has 2 heterocycles. The molecule has 7 nitrogen and oxygen atoms in total. The smallest absolute Gasteiger partial charge is 0.260 e. The lowest BCUT2D eigenvalue weighted by Crippen LogP contribution is -2.58. The summed E-state index contributed by atoms with van der Waals surface area (Å²) in [6.45, 7) is 8.24. The van der Waals surface area contributed by atoms with Crippen LogP contribution in [-0.2, 0) is 21.3 Å². The number of nitrogens with two attached hydrogens (primary N) is 1. The van der Waals surface area contributed by atoms with Crippen LogP contribution in [0.3, 0.4) is 0 Å². The minimum absolute atomic E-state index is 0.0773. The summed E-state index contributed by atoms with van der Waals surface area (Å²) in [4.78, 5) is 0. The van der Waals surface area contributed by atoms with Crippen molar-refractivity contribution < 1.29 is 13.2 Å². The van der Waals surface area contributed by atoms with Gasteiger partial charge in [-0.2, -0.15) is 9.40 Å². The lowest BCUT2D eigenvalue weighted by molar-refractivity contribution is -0.164. The predicted octanol–water partition coefficient (Wildman–Crippen LogP) is 0.447. The van der Waals surface area contributed by atoms with Crippen LogP contribution in [0.25, 0.3) is 0 Å². The average molecular weight is 302 g/mol. The molecular weight excluding hydrogens is 280 g/mol. The van der Waals surface area contributed by atoms with Crippen LogP contribution in [0.2, 0.25) is 0 Å². The molecule has 0 unspecified atom stereocenters. The standard InChI is InChI=1S/C12H22N4O3S/c1-11(2)7-16(8-12(3,4)19-11)20(17,18)10-9(5-13)6-14-15-10/h6H,5,7-8,13H2,1-4H3,(H,14,15). The maximum absolute atomic E-state index is 12.7. The fraction of sp³-hybridized carbons (Fsp3) is 0.750. The molecule has 0 aliphatic carbocycles. The van der Waals surface area contributed by atoms with E-state index >= 15 is 0 Å². The average Bonchev–Trinajstić information content (AvgIpc) is 2.73. The fourth-order valence-electron chi connectivity index (χ4n) is 2.68. The van der Waals surface area contributed by atoms with Crippen molar-refractivity contribution >= 4 is 10.0 Å². The summed E-state index contributed by atoms with van der Waals surface area (Å²) in [5.41, 5.74) is 4.97. The first kappa shape index (κ1) is 15.4. The first-order chi connectivity index (χ1) is 9.07. The van der Waals surface area contributed by atoms with Crippen molar-refractivity contribution in [3.63, 3.8) is 0 Å². The third-order valence-corrected chi connectivity index (χ3v) is 4.97. The van der Waals surface area contributed by atoms with Crippen LogP contribution in [0.15, 0.2) is 11.2 Å². The second kappa shape index (κ2) is 4.80. The number of nitrogens with zero attached hydrogens (tertiary/aromatic N) is 2. The second-order valence-electron chi connectivity index (χ2n) is 6.32. The Bertz CT molecular complexity index is 576. The van der Waals surface area contributed by atoms with E-state index in [4.69, 9.17) is 10.5 Å². The van der Waals surface area contributed by atoms with Gasteiger partial charge in [0.1, 0.15) is 0 Å². The van der Waals surface area contributed by atoms with Crippen LogP contribution < -0.4 is 5.73 Å². The molecular formula is C12H22N4O3S. The zero-order valence-electron chi connectivity index (χ0n) is 12.3. The summed E-state index contributed by atoms with van der Waals surface area (Å²) < 4.78 is 32.8. The SMILES string of the molecule is CC1(C)CN(S(=O)(=O)c2[nH]ncc2CN)CC(C)(C)O1. The molecule has 0 saturated carbocycles. The molecule has 1 aliphatic heterocycles. The van der Waals surface area contributed by atoms with Gasteiger partial charge < -0.3 is 10.5 Å². The Kier molecular flexibility index (Phi) is 3.70. The number of sulfonamides is 1. The van der Waals surface area contributed by atoms with Crippen LogP contribution in [-0.4, -0.2) is 47.2 Å². The highest BCUT2D eigenvalue weighted by Crippen LogP contribution is 2.31. The van der Waals surface area contributed by atoms with Crippen molar-refractivity contribution in [2.24, 2.45) is 5.73 Å². The molecule has 0 spiro atoms.